The van der Waals surface area contributed by atoms with Crippen LogP contribution in [0.5, 0.6) is 0 Å². The molecule has 16 heavy (non-hydrogen) atoms. The minimum absolute atomic E-state index is 0.0105. The zero-order valence-corrected chi connectivity index (χ0v) is 11.9. The van der Waals surface area contributed by atoms with Crippen LogP contribution in [0.1, 0.15) is 34.1 Å². The van der Waals surface area contributed by atoms with Gasteiger partial charge in [-0.2, -0.15) is 4.31 Å². The largest absolute Gasteiger partial charge is 0.380 e. The molecule has 0 aliphatic carbocycles. The van der Waals surface area contributed by atoms with Gasteiger partial charge < -0.3 is 4.74 Å². The van der Waals surface area contributed by atoms with Gasteiger partial charge in [-0.3, -0.25) is 0 Å². The second kappa shape index (κ2) is 7.25. The van der Waals surface area contributed by atoms with E-state index in [-0.39, 0.29) is 6.04 Å². The maximum atomic E-state index is 11.4. The first-order chi connectivity index (χ1) is 7.25. The van der Waals surface area contributed by atoms with Crippen LogP contribution in [0.2, 0.25) is 0 Å². The molecule has 0 saturated heterocycles. The lowest BCUT2D eigenvalue weighted by Gasteiger charge is -2.23. The highest BCUT2D eigenvalue weighted by Gasteiger charge is 2.19. The number of hydrogen-bond acceptors (Lipinski definition) is 3. The molecular formula is C11H25NO3S. The molecule has 0 aliphatic rings. The number of nitrogens with zero attached hydrogens (tertiary/aromatic N) is 1. The Morgan fingerprint density at radius 1 is 1.12 bits per heavy atom. The molecule has 0 N–H and O–H groups in total. The SMILES string of the molecule is CC(C)CCOCCN(C(C)C)S(C)(=O)=O. The van der Waals surface area contributed by atoms with Crippen molar-refractivity contribution in [2.45, 2.75) is 40.2 Å². The Labute approximate surface area is 100 Å². The van der Waals surface area contributed by atoms with Crippen molar-refractivity contribution in [1.82, 2.24) is 4.31 Å². The van der Waals surface area contributed by atoms with Gasteiger partial charge in [0.15, 0.2) is 0 Å². The Bertz CT molecular complexity index is 273. The van der Waals surface area contributed by atoms with Crippen LogP contribution in [-0.4, -0.2) is 44.8 Å². The van der Waals surface area contributed by atoms with E-state index >= 15 is 0 Å². The molecule has 0 unspecified atom stereocenters. The van der Waals surface area contributed by atoms with Gasteiger partial charge in [0.1, 0.15) is 0 Å². The lowest BCUT2D eigenvalue weighted by atomic mass is 10.1. The van der Waals surface area contributed by atoms with Gasteiger partial charge in [-0.05, 0) is 26.2 Å². The summed E-state index contributed by atoms with van der Waals surface area (Å²) in [6, 6.07) is -0.0105. The zero-order valence-electron chi connectivity index (χ0n) is 11.1. The first-order valence-corrected chi connectivity index (χ1v) is 7.64. The van der Waals surface area contributed by atoms with Crippen LogP contribution < -0.4 is 0 Å². The smallest absolute Gasteiger partial charge is 0.211 e. The Morgan fingerprint density at radius 3 is 2.06 bits per heavy atom. The first kappa shape index (κ1) is 15.9. The molecule has 98 valence electrons. The van der Waals surface area contributed by atoms with Gasteiger partial charge in [-0.15, -0.1) is 0 Å². The molecule has 0 aromatic heterocycles. The summed E-state index contributed by atoms with van der Waals surface area (Å²) < 4.78 is 29.7. The normalized spacial score (nSPS) is 13.0. The predicted molar refractivity (Wildman–Crippen MR) is 67.0 cm³/mol. The second-order valence-corrected chi connectivity index (χ2v) is 6.70. The summed E-state index contributed by atoms with van der Waals surface area (Å²) >= 11 is 0. The van der Waals surface area contributed by atoms with Crippen molar-refractivity contribution in [1.29, 1.82) is 0 Å². The molecule has 0 rings (SSSR count). The maximum Gasteiger partial charge on any atom is 0.211 e. The van der Waals surface area contributed by atoms with Crippen LogP contribution in [0.3, 0.4) is 0 Å². The molecule has 0 atom stereocenters. The van der Waals surface area contributed by atoms with Crippen LogP contribution in [0.4, 0.5) is 0 Å². The van der Waals surface area contributed by atoms with Crippen LogP contribution in [-0.2, 0) is 14.8 Å². The van der Waals surface area contributed by atoms with Gasteiger partial charge in [-0.25, -0.2) is 8.42 Å². The average Bonchev–Trinajstić information content (AvgIpc) is 2.07. The fourth-order valence-electron chi connectivity index (χ4n) is 1.38. The summed E-state index contributed by atoms with van der Waals surface area (Å²) in [5.74, 6) is 0.621. The molecule has 0 aromatic carbocycles. The highest BCUT2D eigenvalue weighted by Crippen LogP contribution is 2.05. The zero-order chi connectivity index (χ0) is 12.8. The van der Waals surface area contributed by atoms with E-state index in [1.807, 2.05) is 13.8 Å². The summed E-state index contributed by atoms with van der Waals surface area (Å²) in [6.07, 6.45) is 2.25. The van der Waals surface area contributed by atoms with E-state index in [9.17, 15) is 8.42 Å². The molecule has 0 aliphatic heterocycles. The molecule has 5 heteroatoms. The second-order valence-electron chi connectivity index (χ2n) is 4.76. The molecule has 0 bridgehead atoms. The van der Waals surface area contributed by atoms with Crippen LogP contribution in [0.15, 0.2) is 0 Å². The van der Waals surface area contributed by atoms with E-state index in [2.05, 4.69) is 13.8 Å². The van der Waals surface area contributed by atoms with Crippen LogP contribution >= 0.6 is 0 Å². The highest BCUT2D eigenvalue weighted by molar-refractivity contribution is 7.88. The molecule has 0 radical (unpaired) electrons. The van der Waals surface area contributed by atoms with Gasteiger partial charge in [0.2, 0.25) is 10.0 Å². The van der Waals surface area contributed by atoms with Crippen molar-refractivity contribution in [3.63, 3.8) is 0 Å². The summed E-state index contributed by atoms with van der Waals surface area (Å²) in [4.78, 5) is 0. The van der Waals surface area contributed by atoms with Crippen LogP contribution in [0.25, 0.3) is 0 Å². The molecule has 0 spiro atoms. The third-order valence-corrected chi connectivity index (χ3v) is 3.75. The fraction of sp³-hybridized carbons (Fsp3) is 1.00. The Hall–Kier alpha value is -0.130. The summed E-state index contributed by atoms with van der Waals surface area (Å²) in [7, 11) is -3.11. The van der Waals surface area contributed by atoms with E-state index < -0.39 is 10.0 Å². The minimum Gasteiger partial charge on any atom is -0.380 e. The van der Waals surface area contributed by atoms with E-state index in [1.54, 1.807) is 0 Å². The number of sulfonamides is 1. The van der Waals surface area contributed by atoms with Crippen molar-refractivity contribution in [2.24, 2.45) is 5.92 Å². The number of rotatable bonds is 8. The molecule has 0 heterocycles. The molecule has 0 amide bonds. The van der Waals surface area contributed by atoms with Gasteiger partial charge >= 0.3 is 0 Å². The third kappa shape index (κ3) is 7.19. The Balaban J connectivity index is 3.88. The topological polar surface area (TPSA) is 46.6 Å². The third-order valence-electron chi connectivity index (χ3n) is 2.30. The fourth-order valence-corrected chi connectivity index (χ4v) is 2.55. The van der Waals surface area contributed by atoms with Gasteiger partial charge in [-0.1, -0.05) is 13.8 Å². The Morgan fingerprint density at radius 2 is 1.69 bits per heavy atom. The van der Waals surface area contributed by atoms with Crippen molar-refractivity contribution >= 4 is 10.0 Å². The Kier molecular flexibility index (Phi) is 7.19. The van der Waals surface area contributed by atoms with E-state index in [4.69, 9.17) is 4.74 Å². The van der Waals surface area contributed by atoms with E-state index in [0.29, 0.717) is 25.7 Å². The van der Waals surface area contributed by atoms with Crippen molar-refractivity contribution in [2.75, 3.05) is 26.0 Å². The standard InChI is InChI=1S/C11H25NO3S/c1-10(2)6-8-15-9-7-12(11(3)4)16(5,13)14/h10-11H,6-9H2,1-5H3. The van der Waals surface area contributed by atoms with Crippen molar-refractivity contribution in [3.8, 4) is 0 Å². The molecule has 0 saturated carbocycles. The summed E-state index contributed by atoms with van der Waals surface area (Å²) in [5, 5.41) is 0. The predicted octanol–water partition coefficient (Wildman–Crippen LogP) is 1.72. The summed E-state index contributed by atoms with van der Waals surface area (Å²) in [5.41, 5.74) is 0. The number of hydrogen-bond donors (Lipinski definition) is 0. The monoisotopic (exact) mass is 251 g/mol. The quantitative estimate of drug-likeness (QED) is 0.617. The minimum atomic E-state index is -3.11. The molecule has 0 aromatic rings. The molecule has 0 fully saturated rings. The van der Waals surface area contributed by atoms with Gasteiger partial charge in [0, 0.05) is 19.2 Å². The van der Waals surface area contributed by atoms with Crippen molar-refractivity contribution < 1.29 is 13.2 Å². The lowest BCUT2D eigenvalue weighted by Crippen LogP contribution is -2.38. The van der Waals surface area contributed by atoms with E-state index in [1.165, 1.54) is 10.6 Å². The molecular weight excluding hydrogens is 226 g/mol. The first-order valence-electron chi connectivity index (χ1n) is 5.79. The lowest BCUT2D eigenvalue weighted by molar-refractivity contribution is 0.109. The average molecular weight is 251 g/mol. The number of ether oxygens (including phenoxy) is 1. The van der Waals surface area contributed by atoms with E-state index in [0.717, 1.165) is 6.42 Å². The molecule has 4 nitrogen and oxygen atoms in total. The van der Waals surface area contributed by atoms with Gasteiger partial charge in [0.25, 0.3) is 0 Å². The summed E-state index contributed by atoms with van der Waals surface area (Å²) in [6.45, 7) is 9.63. The maximum absolute atomic E-state index is 11.4. The van der Waals surface area contributed by atoms with Crippen molar-refractivity contribution in [3.05, 3.63) is 0 Å². The van der Waals surface area contributed by atoms with Crippen LogP contribution in [0, 0.1) is 5.92 Å². The highest BCUT2D eigenvalue weighted by atomic mass is 32.2. The van der Waals surface area contributed by atoms with Gasteiger partial charge in [0.05, 0.1) is 12.9 Å².